The van der Waals surface area contributed by atoms with Gasteiger partial charge in [0.05, 0.1) is 0 Å². The highest BCUT2D eigenvalue weighted by Gasteiger charge is 2.08. The summed E-state index contributed by atoms with van der Waals surface area (Å²) < 4.78 is 11.9. The zero-order valence-corrected chi connectivity index (χ0v) is 5.80. The molecule has 1 unspecified atom stereocenters. The van der Waals surface area contributed by atoms with Gasteiger partial charge in [-0.2, -0.15) is 0 Å². The summed E-state index contributed by atoms with van der Waals surface area (Å²) in [5.41, 5.74) is 0. The van der Waals surface area contributed by atoms with Crippen LogP contribution in [0.25, 0.3) is 0 Å². The number of carbonyl (C=O) groups excluding carboxylic acids is 1. The van der Waals surface area contributed by atoms with Crippen molar-refractivity contribution in [3.8, 4) is 0 Å². The van der Waals surface area contributed by atoms with Crippen molar-refractivity contribution in [3.63, 3.8) is 0 Å². The van der Waals surface area contributed by atoms with Crippen LogP contribution in [0.3, 0.4) is 0 Å². The minimum Gasteiger partial charge on any atom is -0.284 e. The van der Waals surface area contributed by atoms with Crippen LogP contribution in [0.5, 0.6) is 0 Å². The number of rotatable bonds is 2. The van der Waals surface area contributed by atoms with Crippen LogP contribution in [0.2, 0.25) is 0 Å². The zero-order chi connectivity index (χ0) is 6.57. The Kier molecular flexibility index (Phi) is 3.87. The minimum atomic E-state index is -1.31. The summed E-state index contributed by atoms with van der Waals surface area (Å²) in [4.78, 5) is 10.3. The van der Waals surface area contributed by atoms with Gasteiger partial charge in [-0.05, 0) is 12.7 Å². The van der Waals surface area contributed by atoms with Gasteiger partial charge in [0.1, 0.15) is 0 Å². The second-order valence-electron chi connectivity index (χ2n) is 1.37. The number of alkyl halides is 1. The van der Waals surface area contributed by atoms with E-state index in [4.69, 9.17) is 0 Å². The van der Waals surface area contributed by atoms with Crippen LogP contribution in [0.4, 0.5) is 4.39 Å². The average molecular weight is 136 g/mol. The van der Waals surface area contributed by atoms with E-state index in [1.54, 1.807) is 0 Å². The largest absolute Gasteiger partial charge is 0.284 e. The van der Waals surface area contributed by atoms with Gasteiger partial charge in [0, 0.05) is 0 Å². The Bertz CT molecular complexity index is 82.5. The lowest BCUT2D eigenvalue weighted by Crippen LogP contribution is -2.05. The molecule has 0 aliphatic carbocycles. The molecule has 0 aliphatic rings. The first-order valence-electron chi connectivity index (χ1n) is 2.49. The van der Waals surface area contributed by atoms with Crippen LogP contribution < -0.4 is 0 Å². The van der Waals surface area contributed by atoms with Gasteiger partial charge in [0.25, 0.3) is 0 Å². The number of halogens is 1. The molecule has 1 nitrogen and oxygen atoms in total. The van der Waals surface area contributed by atoms with Crippen LogP contribution in [0.15, 0.2) is 0 Å². The Balaban J connectivity index is 3.33. The Morgan fingerprint density at radius 1 is 1.88 bits per heavy atom. The van der Waals surface area contributed by atoms with Gasteiger partial charge in [-0.3, -0.25) is 4.79 Å². The van der Waals surface area contributed by atoms with E-state index in [9.17, 15) is 9.18 Å². The Morgan fingerprint density at radius 2 is 2.38 bits per heavy atom. The maximum atomic E-state index is 11.9. The molecule has 0 fully saturated rings. The molecule has 0 spiro atoms. The van der Waals surface area contributed by atoms with Gasteiger partial charge < -0.3 is 0 Å². The van der Waals surface area contributed by atoms with E-state index in [2.05, 4.69) is 0 Å². The second kappa shape index (κ2) is 3.89. The molecule has 0 aromatic heterocycles. The number of hydrogen-bond donors (Lipinski definition) is 0. The lowest BCUT2D eigenvalue weighted by molar-refractivity contribution is -0.114. The van der Waals surface area contributed by atoms with Crippen LogP contribution in [-0.2, 0) is 4.79 Å². The normalized spacial score (nSPS) is 13.4. The Morgan fingerprint density at radius 3 is 2.50 bits per heavy atom. The van der Waals surface area contributed by atoms with Crippen molar-refractivity contribution in [1.82, 2.24) is 0 Å². The highest BCUT2D eigenvalue weighted by atomic mass is 32.2. The molecule has 0 saturated carbocycles. The summed E-state index contributed by atoms with van der Waals surface area (Å²) in [5.74, 6) is 0.660. The molecule has 48 valence electrons. The highest BCUT2D eigenvalue weighted by molar-refractivity contribution is 8.13. The summed E-state index contributed by atoms with van der Waals surface area (Å²) in [6.45, 7) is 3.08. The Hall–Kier alpha value is -0.0500. The van der Waals surface area contributed by atoms with Gasteiger partial charge in [-0.25, -0.2) is 4.39 Å². The van der Waals surface area contributed by atoms with Crippen molar-refractivity contribution in [3.05, 3.63) is 0 Å². The van der Waals surface area contributed by atoms with E-state index < -0.39 is 6.17 Å². The smallest absolute Gasteiger partial charge is 0.222 e. The van der Waals surface area contributed by atoms with Crippen molar-refractivity contribution in [2.24, 2.45) is 0 Å². The Labute approximate surface area is 52.6 Å². The third-order valence-electron chi connectivity index (χ3n) is 0.611. The third kappa shape index (κ3) is 3.02. The van der Waals surface area contributed by atoms with Crippen LogP contribution in [-0.4, -0.2) is 17.0 Å². The summed E-state index contributed by atoms with van der Waals surface area (Å²) in [6.07, 6.45) is -1.31. The third-order valence-corrected chi connectivity index (χ3v) is 1.51. The lowest BCUT2D eigenvalue weighted by Gasteiger charge is -1.94. The predicted octanol–water partition coefficient (Wildman–Crippen LogP) is 1.62. The molecule has 3 heteroatoms. The second-order valence-corrected chi connectivity index (χ2v) is 2.64. The van der Waals surface area contributed by atoms with Crippen molar-refractivity contribution >= 4 is 16.9 Å². The number of thioether (sulfide) groups is 1. The van der Waals surface area contributed by atoms with Gasteiger partial charge in [0.2, 0.25) is 5.12 Å². The molecule has 0 bridgehead atoms. The predicted molar refractivity (Wildman–Crippen MR) is 33.7 cm³/mol. The fraction of sp³-hybridized carbons (Fsp3) is 0.800. The van der Waals surface area contributed by atoms with Gasteiger partial charge in [-0.1, -0.05) is 18.7 Å². The zero-order valence-electron chi connectivity index (χ0n) is 4.98. The minimum absolute atomic E-state index is 0.368. The first-order chi connectivity index (χ1) is 3.68. The summed E-state index contributed by atoms with van der Waals surface area (Å²) in [7, 11) is 0. The van der Waals surface area contributed by atoms with E-state index in [-0.39, 0.29) is 5.12 Å². The SMILES string of the molecule is CCSC(=O)C(C)F. The molecule has 8 heavy (non-hydrogen) atoms. The molecule has 0 N–H and O–H groups in total. The molecular weight excluding hydrogens is 127 g/mol. The van der Waals surface area contributed by atoms with E-state index in [1.807, 2.05) is 6.92 Å². The van der Waals surface area contributed by atoms with Crippen molar-refractivity contribution in [1.29, 1.82) is 0 Å². The molecule has 0 radical (unpaired) electrons. The molecule has 0 aromatic carbocycles. The quantitative estimate of drug-likeness (QED) is 0.574. The molecule has 1 atom stereocenters. The monoisotopic (exact) mass is 136 g/mol. The summed E-state index contributed by atoms with van der Waals surface area (Å²) >= 11 is 1.03. The molecule has 0 aromatic rings. The van der Waals surface area contributed by atoms with E-state index in [0.29, 0.717) is 5.75 Å². The van der Waals surface area contributed by atoms with Crippen LogP contribution in [0, 0.1) is 0 Å². The average Bonchev–Trinajstić information content (AvgIpc) is 1.67. The van der Waals surface area contributed by atoms with Gasteiger partial charge in [0.15, 0.2) is 6.17 Å². The molecule has 0 saturated heterocycles. The van der Waals surface area contributed by atoms with Gasteiger partial charge >= 0.3 is 0 Å². The molecule has 0 aliphatic heterocycles. The highest BCUT2D eigenvalue weighted by Crippen LogP contribution is 2.06. The van der Waals surface area contributed by atoms with E-state index >= 15 is 0 Å². The first kappa shape index (κ1) is 7.95. The first-order valence-corrected chi connectivity index (χ1v) is 3.47. The van der Waals surface area contributed by atoms with Crippen molar-refractivity contribution < 1.29 is 9.18 Å². The lowest BCUT2D eigenvalue weighted by atomic mass is 10.5. The topological polar surface area (TPSA) is 17.1 Å². The molecule has 0 amide bonds. The van der Waals surface area contributed by atoms with Crippen molar-refractivity contribution in [2.45, 2.75) is 20.0 Å². The number of carbonyl (C=O) groups is 1. The fourth-order valence-electron chi connectivity index (χ4n) is 0.257. The van der Waals surface area contributed by atoms with Crippen LogP contribution >= 0.6 is 11.8 Å². The van der Waals surface area contributed by atoms with E-state index in [1.165, 1.54) is 6.92 Å². The maximum Gasteiger partial charge on any atom is 0.222 e. The maximum absolute atomic E-state index is 11.9. The molecule has 0 rings (SSSR count). The van der Waals surface area contributed by atoms with Gasteiger partial charge in [-0.15, -0.1) is 0 Å². The van der Waals surface area contributed by atoms with E-state index in [0.717, 1.165) is 11.8 Å². The summed E-state index contributed by atoms with van der Waals surface area (Å²) in [6, 6.07) is 0. The fourth-order valence-corrected chi connectivity index (χ4v) is 0.771. The molecular formula is C5H9FOS. The molecule has 0 heterocycles. The van der Waals surface area contributed by atoms with Crippen LogP contribution in [0.1, 0.15) is 13.8 Å². The number of hydrogen-bond acceptors (Lipinski definition) is 2. The standard InChI is InChI=1S/C5H9FOS/c1-3-8-5(7)4(2)6/h4H,3H2,1-2H3. The van der Waals surface area contributed by atoms with Crippen molar-refractivity contribution in [2.75, 3.05) is 5.75 Å². The summed E-state index contributed by atoms with van der Waals surface area (Å²) in [5, 5.41) is -0.368.